The number of ether oxygens (including phenoxy) is 7. The van der Waals surface area contributed by atoms with Crippen LogP contribution in [0.5, 0.6) is 40.2 Å². The lowest BCUT2D eigenvalue weighted by molar-refractivity contribution is -0.385. The molecule has 0 spiro atoms. The van der Waals surface area contributed by atoms with Crippen molar-refractivity contribution in [1.29, 1.82) is 0 Å². The minimum atomic E-state index is -0.556. The number of nitro benzene ring substituents is 1. The molecule has 3 amide bonds. The van der Waals surface area contributed by atoms with E-state index in [9.17, 15) is 24.5 Å². The van der Waals surface area contributed by atoms with Crippen molar-refractivity contribution in [3.63, 3.8) is 0 Å². The Labute approximate surface area is 371 Å². The minimum absolute atomic E-state index is 0.0167. The van der Waals surface area contributed by atoms with Gasteiger partial charge in [0, 0.05) is 56.9 Å². The molecule has 0 aromatic heterocycles. The van der Waals surface area contributed by atoms with Gasteiger partial charge in [0.1, 0.15) is 5.56 Å². The van der Waals surface area contributed by atoms with Crippen LogP contribution in [0.3, 0.4) is 0 Å². The van der Waals surface area contributed by atoms with Gasteiger partial charge in [-0.15, -0.1) is 23.5 Å². The van der Waals surface area contributed by atoms with Crippen molar-refractivity contribution < 1.29 is 52.5 Å². The molecular formula is C44H56N4O12S2. The second-order valence-corrected chi connectivity index (χ2v) is 17.2. The molecule has 18 heteroatoms. The third kappa shape index (κ3) is 11.5. The number of benzene rings is 3. The Bertz CT molecular complexity index is 2050. The highest BCUT2D eigenvalue weighted by atomic mass is 32.2. The molecule has 336 valence electrons. The summed E-state index contributed by atoms with van der Waals surface area (Å²) in [5.74, 6) is 3.56. The van der Waals surface area contributed by atoms with Crippen LogP contribution in [-0.2, 0) is 4.79 Å². The fourth-order valence-electron chi connectivity index (χ4n) is 7.35. The number of likely N-dealkylation sites (tertiary alicyclic amines) is 1. The van der Waals surface area contributed by atoms with Gasteiger partial charge in [0.2, 0.25) is 11.7 Å². The number of nitro groups is 1. The summed E-state index contributed by atoms with van der Waals surface area (Å²) in [6.45, 7) is 6.57. The van der Waals surface area contributed by atoms with E-state index < -0.39 is 4.92 Å². The third-order valence-corrected chi connectivity index (χ3v) is 13.2. The van der Waals surface area contributed by atoms with Gasteiger partial charge in [-0.3, -0.25) is 24.5 Å². The maximum atomic E-state index is 13.9. The molecule has 0 bridgehead atoms. The van der Waals surface area contributed by atoms with Gasteiger partial charge in [-0.2, -0.15) is 0 Å². The van der Waals surface area contributed by atoms with E-state index in [1.807, 2.05) is 0 Å². The molecule has 3 aromatic carbocycles. The smallest absolute Gasteiger partial charge is 0.286 e. The monoisotopic (exact) mass is 896 g/mol. The van der Waals surface area contributed by atoms with Gasteiger partial charge >= 0.3 is 0 Å². The fraction of sp³-hybridized carbons (Fsp3) is 0.477. The van der Waals surface area contributed by atoms with Gasteiger partial charge in [-0.25, -0.2) is 0 Å². The number of amides is 3. The number of carbonyl (C=O) groups excluding carboxylic acids is 3. The van der Waals surface area contributed by atoms with E-state index in [2.05, 4.69) is 13.8 Å². The van der Waals surface area contributed by atoms with E-state index in [0.717, 1.165) is 29.9 Å². The lowest BCUT2D eigenvalue weighted by Gasteiger charge is -2.34. The molecule has 62 heavy (non-hydrogen) atoms. The van der Waals surface area contributed by atoms with Gasteiger partial charge in [0.05, 0.1) is 70.4 Å². The summed E-state index contributed by atoms with van der Waals surface area (Å²) in [5.41, 5.74) is 0.759. The molecule has 0 unspecified atom stereocenters. The van der Waals surface area contributed by atoms with Crippen LogP contribution in [0.2, 0.25) is 0 Å². The number of rotatable bonds is 21. The molecule has 3 aromatic rings. The lowest BCUT2D eigenvalue weighted by Crippen LogP contribution is -2.50. The zero-order valence-corrected chi connectivity index (χ0v) is 38.0. The number of hydrogen-bond acceptors (Lipinski definition) is 14. The maximum absolute atomic E-state index is 13.9. The van der Waals surface area contributed by atoms with Crippen molar-refractivity contribution >= 4 is 53.0 Å². The average molecular weight is 897 g/mol. The molecule has 0 saturated carbocycles. The first-order chi connectivity index (χ1) is 30.0. The highest BCUT2D eigenvalue weighted by Crippen LogP contribution is 2.41. The third-order valence-electron chi connectivity index (χ3n) is 10.4. The summed E-state index contributed by atoms with van der Waals surface area (Å²) >= 11 is 3.60. The van der Waals surface area contributed by atoms with Crippen LogP contribution in [-0.4, -0.2) is 141 Å². The summed E-state index contributed by atoms with van der Waals surface area (Å²) in [5, 5.41) is 12.3. The first-order valence-electron chi connectivity index (χ1n) is 20.4. The van der Waals surface area contributed by atoms with Crippen LogP contribution in [0, 0.1) is 10.1 Å². The quantitative estimate of drug-likeness (QED) is 0.0355. The van der Waals surface area contributed by atoms with E-state index in [0.29, 0.717) is 73.5 Å². The summed E-state index contributed by atoms with van der Waals surface area (Å²) < 4.78 is 39.4. The molecule has 0 radical (unpaired) electrons. The Hall–Kier alpha value is -5.49. The number of thioether (sulfide) groups is 2. The number of piperazine rings is 1. The van der Waals surface area contributed by atoms with Crippen molar-refractivity contribution in [2.45, 2.75) is 43.7 Å². The van der Waals surface area contributed by atoms with Crippen molar-refractivity contribution in [3.8, 4) is 40.2 Å². The molecule has 0 aliphatic carbocycles. The highest BCUT2D eigenvalue weighted by Gasteiger charge is 2.38. The van der Waals surface area contributed by atoms with Gasteiger partial charge in [-0.1, -0.05) is 19.9 Å². The summed E-state index contributed by atoms with van der Waals surface area (Å²) in [6.07, 6.45) is 5.29. The Morgan fingerprint density at radius 1 is 0.742 bits per heavy atom. The SMILES string of the molecule is CCSC(SCC)[C@@H]1CCCN1C(=O)c1cc(OC)c(OCCCOc2ccc(/C=C/C(=O)N3CCN(C(=O)c4cc(OC)c(OC)c(OC)c4)CC3)cc2OC)cc1[N+](=O)[O-]. The topological polar surface area (TPSA) is 169 Å². The van der Waals surface area contributed by atoms with Crippen LogP contribution in [0.25, 0.3) is 6.08 Å². The number of hydrogen-bond donors (Lipinski definition) is 0. The average Bonchev–Trinajstić information content (AvgIpc) is 3.79. The van der Waals surface area contributed by atoms with Gasteiger partial charge in [0.25, 0.3) is 17.5 Å². The molecule has 2 aliphatic rings. The molecule has 2 fully saturated rings. The van der Waals surface area contributed by atoms with E-state index >= 15 is 0 Å². The molecule has 5 rings (SSSR count). The van der Waals surface area contributed by atoms with Gasteiger partial charge in [-0.05, 0) is 60.3 Å². The Balaban J connectivity index is 1.13. The van der Waals surface area contributed by atoms with Crippen LogP contribution in [0.15, 0.2) is 48.5 Å². The predicted octanol–water partition coefficient (Wildman–Crippen LogP) is 6.92. The van der Waals surface area contributed by atoms with E-state index in [1.165, 1.54) is 53.8 Å². The van der Waals surface area contributed by atoms with Crippen LogP contribution in [0.1, 0.15) is 59.4 Å². The summed E-state index contributed by atoms with van der Waals surface area (Å²) in [7, 11) is 7.43. The number of nitrogens with zero attached hydrogens (tertiary/aromatic N) is 4. The second-order valence-electron chi connectivity index (χ2n) is 14.1. The molecule has 2 heterocycles. The van der Waals surface area contributed by atoms with Crippen LogP contribution < -0.4 is 33.2 Å². The Morgan fingerprint density at radius 2 is 1.34 bits per heavy atom. The van der Waals surface area contributed by atoms with Crippen molar-refractivity contribution in [2.75, 3.05) is 93.0 Å². The van der Waals surface area contributed by atoms with E-state index in [-0.39, 0.29) is 64.3 Å². The Morgan fingerprint density at radius 3 is 1.92 bits per heavy atom. The van der Waals surface area contributed by atoms with Gasteiger partial charge < -0.3 is 47.9 Å². The molecule has 16 nitrogen and oxygen atoms in total. The van der Waals surface area contributed by atoms with Crippen molar-refractivity contribution in [2.24, 2.45) is 0 Å². The second kappa shape index (κ2) is 23.1. The van der Waals surface area contributed by atoms with Crippen LogP contribution in [0.4, 0.5) is 5.69 Å². The Kier molecular flexibility index (Phi) is 17.7. The number of methoxy groups -OCH3 is 5. The molecule has 2 aliphatic heterocycles. The van der Waals surface area contributed by atoms with Crippen molar-refractivity contribution in [3.05, 3.63) is 75.3 Å². The standard InChI is InChI=1S/C44H56N4O12S2/c1-8-61-44(62-9-2)32-12-10-17-47(32)43(51)31-27-36(55-4)37(28-33(31)48(52)53)60-23-11-22-59-34-15-13-29(24-35(34)54-3)14-16-40(49)45-18-20-46(21-19-45)42(50)30-25-38(56-5)41(58-7)39(26-30)57-6/h13-16,24-28,32,44H,8-12,17-23H2,1-7H3/b16-14+/t32-/m0/s1. The van der Waals surface area contributed by atoms with E-state index in [1.54, 1.807) is 74.6 Å². The molecule has 1 atom stereocenters. The number of carbonyl (C=O) groups is 3. The lowest BCUT2D eigenvalue weighted by atomic mass is 10.1. The first-order valence-corrected chi connectivity index (χ1v) is 22.5. The zero-order chi connectivity index (χ0) is 44.8. The minimum Gasteiger partial charge on any atom is -0.493 e. The van der Waals surface area contributed by atoms with Crippen molar-refractivity contribution in [1.82, 2.24) is 14.7 Å². The summed E-state index contributed by atoms with van der Waals surface area (Å²) in [4.78, 5) is 57.2. The zero-order valence-electron chi connectivity index (χ0n) is 36.3. The molecule has 0 N–H and O–H groups in total. The van der Waals surface area contributed by atoms with Crippen LogP contribution >= 0.6 is 23.5 Å². The van der Waals surface area contributed by atoms with E-state index in [4.69, 9.17) is 33.2 Å². The molecule has 2 saturated heterocycles. The first kappa shape index (κ1) is 47.6. The maximum Gasteiger partial charge on any atom is 0.286 e. The van der Waals surface area contributed by atoms with Gasteiger partial charge in [0.15, 0.2) is 34.5 Å². The molecular weight excluding hydrogens is 841 g/mol. The highest BCUT2D eigenvalue weighted by molar-refractivity contribution is 8.17. The predicted molar refractivity (Wildman–Crippen MR) is 240 cm³/mol. The fourth-order valence-corrected chi connectivity index (χ4v) is 10.2. The summed E-state index contributed by atoms with van der Waals surface area (Å²) in [6, 6.07) is 11.2. The largest absolute Gasteiger partial charge is 0.493 e. The normalized spacial score (nSPS) is 15.2.